The van der Waals surface area contributed by atoms with E-state index in [1.807, 2.05) is 20.1 Å². The van der Waals surface area contributed by atoms with Crippen LogP contribution in [0, 0.1) is 0 Å². The van der Waals surface area contributed by atoms with E-state index in [0.29, 0.717) is 0 Å². The van der Waals surface area contributed by atoms with Crippen molar-refractivity contribution in [1.82, 2.24) is 0 Å². The molecule has 0 spiro atoms. The van der Waals surface area contributed by atoms with Gasteiger partial charge in [0.25, 0.3) is 0 Å². The lowest BCUT2D eigenvalue weighted by molar-refractivity contribution is 1.27. The number of allylic oxidation sites excluding steroid dienone is 1. The van der Waals surface area contributed by atoms with Gasteiger partial charge in [-0.3, -0.25) is 4.99 Å². The monoisotopic (exact) mass is 175 g/mol. The second-order valence-corrected chi connectivity index (χ2v) is 3.67. The van der Waals surface area contributed by atoms with Gasteiger partial charge < -0.3 is 0 Å². The van der Waals surface area contributed by atoms with Gasteiger partial charge in [0.15, 0.2) is 0 Å². The molecule has 0 bridgehead atoms. The predicted octanol–water partition coefficient (Wildman–Crippen LogP) is 2.60. The number of hydrogen-bond donors (Lipinski definition) is 1. The zero-order valence-electron chi connectivity index (χ0n) is 6.59. The number of thiol groups is 1. The van der Waals surface area contributed by atoms with Gasteiger partial charge in [-0.05, 0) is 20.1 Å². The third-order valence-corrected chi connectivity index (χ3v) is 2.15. The van der Waals surface area contributed by atoms with Crippen molar-refractivity contribution in [3.05, 3.63) is 12.3 Å². The summed E-state index contributed by atoms with van der Waals surface area (Å²) in [6.45, 7) is 7.57. The molecule has 0 aliphatic carbocycles. The van der Waals surface area contributed by atoms with Crippen LogP contribution in [0.25, 0.3) is 0 Å². The number of rotatable bonds is 2. The molecule has 1 unspecified atom stereocenters. The van der Waals surface area contributed by atoms with Crippen LogP contribution in [0.4, 0.5) is 0 Å². The third kappa shape index (κ3) is 4.01. The molecule has 0 aromatic carbocycles. The number of aliphatic imine (C=N–C) groups is 1. The molecule has 0 fully saturated rings. The van der Waals surface area contributed by atoms with Crippen molar-refractivity contribution in [3.63, 3.8) is 0 Å². The molecule has 0 N–H and O–H groups in total. The highest BCUT2D eigenvalue weighted by Crippen LogP contribution is 2.10. The van der Waals surface area contributed by atoms with Crippen LogP contribution < -0.4 is 0 Å². The largest absolute Gasteiger partial charge is 0.251 e. The minimum absolute atomic E-state index is 0.215. The second kappa shape index (κ2) is 4.85. The van der Waals surface area contributed by atoms with Crippen molar-refractivity contribution in [2.24, 2.45) is 4.99 Å². The molecule has 0 saturated heterocycles. The topological polar surface area (TPSA) is 12.4 Å². The summed E-state index contributed by atoms with van der Waals surface area (Å²) in [5, 5.41) is 1.24. The van der Waals surface area contributed by atoms with Crippen molar-refractivity contribution in [2.45, 2.75) is 19.1 Å². The third-order valence-electron chi connectivity index (χ3n) is 0.868. The standard InChI is InChI=1S/C7H13NS2/c1-5(2)8-7(10-4)6(3)9/h6,9H,1H2,2-4H3. The average molecular weight is 175 g/mol. The van der Waals surface area contributed by atoms with Gasteiger partial charge in [0.2, 0.25) is 0 Å². The van der Waals surface area contributed by atoms with E-state index in [1.165, 1.54) is 0 Å². The van der Waals surface area contributed by atoms with E-state index < -0.39 is 0 Å². The van der Waals surface area contributed by atoms with E-state index >= 15 is 0 Å². The molecule has 0 amide bonds. The van der Waals surface area contributed by atoms with Crippen LogP contribution in [0.1, 0.15) is 13.8 Å². The van der Waals surface area contributed by atoms with Crippen LogP contribution in [0.3, 0.4) is 0 Å². The Kier molecular flexibility index (Phi) is 4.91. The van der Waals surface area contributed by atoms with E-state index in [4.69, 9.17) is 0 Å². The fraction of sp³-hybridized carbons (Fsp3) is 0.571. The molecule has 10 heavy (non-hydrogen) atoms. The molecule has 3 heteroatoms. The molecule has 0 rings (SSSR count). The van der Waals surface area contributed by atoms with E-state index in [-0.39, 0.29) is 5.25 Å². The molecular formula is C7H13NS2. The molecule has 0 aliphatic heterocycles. The number of nitrogens with zero attached hydrogens (tertiary/aromatic N) is 1. The Labute approximate surface area is 72.4 Å². The van der Waals surface area contributed by atoms with Crippen molar-refractivity contribution in [2.75, 3.05) is 6.26 Å². The summed E-state index contributed by atoms with van der Waals surface area (Å²) in [4.78, 5) is 4.20. The Morgan fingerprint density at radius 2 is 2.20 bits per heavy atom. The first kappa shape index (κ1) is 10.1. The average Bonchev–Trinajstić information content (AvgIpc) is 1.81. The molecular weight excluding hydrogens is 162 g/mol. The van der Waals surface area contributed by atoms with Crippen LogP contribution in [-0.2, 0) is 0 Å². The van der Waals surface area contributed by atoms with Gasteiger partial charge in [0, 0.05) is 10.9 Å². The van der Waals surface area contributed by atoms with Gasteiger partial charge in [0.1, 0.15) is 0 Å². The van der Waals surface area contributed by atoms with Crippen molar-refractivity contribution >= 4 is 29.4 Å². The first-order valence-electron chi connectivity index (χ1n) is 3.04. The van der Waals surface area contributed by atoms with Crippen LogP contribution in [0.15, 0.2) is 17.3 Å². The SMILES string of the molecule is C=C(C)N=C(SC)C(C)S. The summed E-state index contributed by atoms with van der Waals surface area (Å²) < 4.78 is 0. The van der Waals surface area contributed by atoms with E-state index in [0.717, 1.165) is 10.7 Å². The summed E-state index contributed by atoms with van der Waals surface area (Å²) >= 11 is 5.87. The van der Waals surface area contributed by atoms with Crippen molar-refractivity contribution in [1.29, 1.82) is 0 Å². The molecule has 0 heterocycles. The van der Waals surface area contributed by atoms with Crippen molar-refractivity contribution in [3.8, 4) is 0 Å². The molecule has 1 atom stereocenters. The maximum absolute atomic E-state index is 4.26. The van der Waals surface area contributed by atoms with E-state index in [9.17, 15) is 0 Å². The van der Waals surface area contributed by atoms with Gasteiger partial charge in [-0.1, -0.05) is 6.58 Å². The minimum atomic E-state index is 0.215. The first-order chi connectivity index (χ1) is 4.57. The lowest BCUT2D eigenvalue weighted by atomic mass is 10.5. The Balaban J connectivity index is 4.18. The minimum Gasteiger partial charge on any atom is -0.251 e. The molecule has 0 radical (unpaired) electrons. The molecule has 0 aromatic rings. The maximum Gasteiger partial charge on any atom is 0.0856 e. The Bertz CT molecular complexity index is 150. The second-order valence-electron chi connectivity index (χ2n) is 2.07. The lowest BCUT2D eigenvalue weighted by Gasteiger charge is -2.04. The van der Waals surface area contributed by atoms with Gasteiger partial charge in [-0.15, -0.1) is 11.8 Å². The summed E-state index contributed by atoms with van der Waals surface area (Å²) in [7, 11) is 0. The highest BCUT2D eigenvalue weighted by Gasteiger charge is 2.02. The Morgan fingerprint density at radius 3 is 2.30 bits per heavy atom. The molecule has 0 saturated carbocycles. The quantitative estimate of drug-likeness (QED) is 0.386. The summed E-state index contributed by atoms with van der Waals surface area (Å²) in [6, 6.07) is 0. The zero-order valence-corrected chi connectivity index (χ0v) is 8.30. The number of hydrogen-bond acceptors (Lipinski definition) is 3. The van der Waals surface area contributed by atoms with E-state index in [2.05, 4.69) is 24.2 Å². The molecule has 1 nitrogen and oxygen atoms in total. The predicted molar refractivity (Wildman–Crippen MR) is 54.2 cm³/mol. The normalized spacial score (nSPS) is 15.0. The van der Waals surface area contributed by atoms with Crippen LogP contribution in [0.5, 0.6) is 0 Å². The Hall–Kier alpha value is 0.110. The maximum atomic E-state index is 4.26. The highest BCUT2D eigenvalue weighted by molar-refractivity contribution is 8.14. The van der Waals surface area contributed by atoms with Gasteiger partial charge in [-0.25, -0.2) is 0 Å². The van der Waals surface area contributed by atoms with Crippen molar-refractivity contribution < 1.29 is 0 Å². The van der Waals surface area contributed by atoms with Crippen LogP contribution in [0.2, 0.25) is 0 Å². The summed E-state index contributed by atoms with van der Waals surface area (Å²) in [5.74, 6) is 0. The molecule has 0 aliphatic rings. The van der Waals surface area contributed by atoms with Gasteiger partial charge >= 0.3 is 0 Å². The number of thioether (sulfide) groups is 1. The van der Waals surface area contributed by atoms with Crippen LogP contribution in [-0.4, -0.2) is 16.5 Å². The zero-order chi connectivity index (χ0) is 8.15. The highest BCUT2D eigenvalue weighted by atomic mass is 32.2. The Morgan fingerprint density at radius 1 is 1.70 bits per heavy atom. The fourth-order valence-corrected chi connectivity index (χ4v) is 1.46. The van der Waals surface area contributed by atoms with Gasteiger partial charge in [-0.2, -0.15) is 12.6 Å². The molecule has 0 aromatic heterocycles. The lowest BCUT2D eigenvalue weighted by Crippen LogP contribution is -2.05. The van der Waals surface area contributed by atoms with E-state index in [1.54, 1.807) is 11.8 Å². The summed E-state index contributed by atoms with van der Waals surface area (Å²) in [5.41, 5.74) is 0.838. The smallest absolute Gasteiger partial charge is 0.0856 e. The fourth-order valence-electron chi connectivity index (χ4n) is 0.498. The first-order valence-corrected chi connectivity index (χ1v) is 4.78. The summed E-state index contributed by atoms with van der Waals surface area (Å²) in [6.07, 6.45) is 1.99. The molecule has 58 valence electrons. The van der Waals surface area contributed by atoms with Crippen LogP contribution >= 0.6 is 24.4 Å². The van der Waals surface area contributed by atoms with Gasteiger partial charge in [0.05, 0.1) is 5.04 Å².